The van der Waals surface area contributed by atoms with Gasteiger partial charge in [-0.1, -0.05) is 42.5 Å². The molecule has 1 aromatic heterocycles. The molecule has 1 aromatic carbocycles. The zero-order valence-electron chi connectivity index (χ0n) is 15.0. The molecule has 5 heterocycles. The van der Waals surface area contributed by atoms with Crippen LogP contribution in [0.4, 0.5) is 5.69 Å². The van der Waals surface area contributed by atoms with Crippen molar-refractivity contribution in [1.82, 2.24) is 9.88 Å². The maximum absolute atomic E-state index is 6.41. The van der Waals surface area contributed by atoms with Crippen molar-refractivity contribution in [2.24, 2.45) is 5.92 Å². The van der Waals surface area contributed by atoms with E-state index in [1.165, 1.54) is 37.1 Å². The highest BCUT2D eigenvalue weighted by Gasteiger charge is 2.52. The monoisotopic (exact) mass is 347 g/mol. The van der Waals surface area contributed by atoms with Crippen molar-refractivity contribution in [3.63, 3.8) is 0 Å². The zero-order chi connectivity index (χ0) is 17.4. The van der Waals surface area contributed by atoms with E-state index >= 15 is 0 Å². The molecule has 134 valence electrons. The fourth-order valence-corrected chi connectivity index (χ4v) is 4.74. The molecule has 3 saturated heterocycles. The lowest BCUT2D eigenvalue weighted by molar-refractivity contribution is -0.0814. The van der Waals surface area contributed by atoms with E-state index in [1.807, 2.05) is 12.3 Å². The molecule has 4 heteroatoms. The summed E-state index contributed by atoms with van der Waals surface area (Å²) in [5, 5.41) is 3.45. The van der Waals surface area contributed by atoms with Gasteiger partial charge >= 0.3 is 0 Å². The molecule has 1 N–H and O–H groups in total. The highest BCUT2D eigenvalue weighted by atomic mass is 16.5. The van der Waals surface area contributed by atoms with E-state index in [4.69, 9.17) is 4.74 Å². The van der Waals surface area contributed by atoms with Crippen molar-refractivity contribution < 1.29 is 4.74 Å². The second-order valence-electron chi connectivity index (χ2n) is 7.78. The summed E-state index contributed by atoms with van der Waals surface area (Å²) < 4.78 is 6.41. The Hall–Kier alpha value is -2.33. The van der Waals surface area contributed by atoms with E-state index in [0.717, 1.165) is 31.1 Å². The Morgan fingerprint density at radius 3 is 2.85 bits per heavy atom. The first-order valence-electron chi connectivity index (χ1n) is 9.67. The first-order chi connectivity index (χ1) is 12.8. The first kappa shape index (κ1) is 15.9. The molecule has 4 aliphatic heterocycles. The summed E-state index contributed by atoms with van der Waals surface area (Å²) in [5.74, 6) is 1.54. The van der Waals surface area contributed by atoms with Gasteiger partial charge in [0.15, 0.2) is 0 Å². The number of hydrogen-bond donors (Lipinski definition) is 1. The van der Waals surface area contributed by atoms with Crippen LogP contribution in [0.1, 0.15) is 24.0 Å². The van der Waals surface area contributed by atoms with Crippen LogP contribution in [0.15, 0.2) is 48.7 Å². The van der Waals surface area contributed by atoms with Gasteiger partial charge in [-0.3, -0.25) is 4.90 Å². The van der Waals surface area contributed by atoms with Crippen LogP contribution >= 0.6 is 0 Å². The highest BCUT2D eigenvalue weighted by molar-refractivity contribution is 5.52. The minimum absolute atomic E-state index is 0.0162. The Morgan fingerprint density at radius 2 is 2.08 bits per heavy atom. The molecule has 4 nitrogen and oxygen atoms in total. The molecule has 6 rings (SSSR count). The largest absolute Gasteiger partial charge is 0.469 e. The van der Waals surface area contributed by atoms with Crippen molar-refractivity contribution in [3.05, 3.63) is 59.8 Å². The molecule has 0 unspecified atom stereocenters. The lowest BCUT2D eigenvalue weighted by Gasteiger charge is -2.50. The van der Waals surface area contributed by atoms with Gasteiger partial charge in [0.05, 0.1) is 11.9 Å². The minimum atomic E-state index is -0.0162. The molecule has 4 aliphatic rings. The van der Waals surface area contributed by atoms with Crippen molar-refractivity contribution in [2.45, 2.75) is 24.9 Å². The summed E-state index contributed by atoms with van der Waals surface area (Å²) in [6.45, 7) is 4.33. The van der Waals surface area contributed by atoms with Gasteiger partial charge in [-0.2, -0.15) is 0 Å². The van der Waals surface area contributed by atoms with Crippen LogP contribution in [0.25, 0.3) is 6.08 Å². The molecular formula is C22H25N3O. The lowest BCUT2D eigenvalue weighted by atomic mass is 9.73. The fraction of sp³-hybridized carbons (Fsp3) is 0.409. The maximum Gasteiger partial charge on any atom is 0.217 e. The third-order valence-corrected chi connectivity index (χ3v) is 6.07. The number of nitrogens with one attached hydrogen (secondary N) is 1. The zero-order valence-corrected chi connectivity index (χ0v) is 15.0. The molecule has 0 radical (unpaired) electrons. The van der Waals surface area contributed by atoms with E-state index in [2.05, 4.69) is 57.7 Å². The summed E-state index contributed by atoms with van der Waals surface area (Å²) in [5.41, 5.74) is 3.54. The van der Waals surface area contributed by atoms with Crippen LogP contribution in [0, 0.1) is 5.92 Å². The summed E-state index contributed by atoms with van der Waals surface area (Å²) in [7, 11) is 0. The Labute approximate surface area is 154 Å². The lowest BCUT2D eigenvalue weighted by Crippen LogP contribution is -2.61. The van der Waals surface area contributed by atoms with Crippen molar-refractivity contribution in [2.75, 3.05) is 31.5 Å². The number of aromatic nitrogens is 1. The Morgan fingerprint density at radius 1 is 1.23 bits per heavy atom. The highest BCUT2D eigenvalue weighted by Crippen LogP contribution is 2.46. The average molecular weight is 347 g/mol. The Balaban J connectivity index is 1.24. The summed E-state index contributed by atoms with van der Waals surface area (Å²) in [4.78, 5) is 7.16. The van der Waals surface area contributed by atoms with Crippen LogP contribution in [-0.2, 0) is 6.42 Å². The fourth-order valence-electron chi connectivity index (χ4n) is 4.74. The average Bonchev–Trinajstić information content (AvgIpc) is 3.03. The number of fused-ring (bicyclic) bond motifs is 3. The molecule has 0 aliphatic carbocycles. The first-order valence-corrected chi connectivity index (χ1v) is 9.67. The number of rotatable bonds is 4. The third-order valence-electron chi connectivity index (χ3n) is 6.07. The molecule has 0 saturated carbocycles. The normalized spacial score (nSPS) is 29.1. The van der Waals surface area contributed by atoms with E-state index in [-0.39, 0.29) is 5.60 Å². The van der Waals surface area contributed by atoms with Crippen molar-refractivity contribution >= 4 is 11.8 Å². The second-order valence-corrected chi connectivity index (χ2v) is 7.78. The summed E-state index contributed by atoms with van der Waals surface area (Å²) in [6.07, 6.45) is 9.72. The number of anilines is 1. The van der Waals surface area contributed by atoms with Gasteiger partial charge in [-0.25, -0.2) is 4.98 Å². The molecule has 1 spiro atoms. The van der Waals surface area contributed by atoms with Gasteiger partial charge in [-0.05, 0) is 37.6 Å². The number of nitrogens with zero attached hydrogens (tertiary/aromatic N) is 2. The number of hydrogen-bond acceptors (Lipinski definition) is 4. The molecular weight excluding hydrogens is 322 g/mol. The predicted molar refractivity (Wildman–Crippen MR) is 104 cm³/mol. The van der Waals surface area contributed by atoms with Gasteiger partial charge in [-0.15, -0.1) is 0 Å². The Kier molecular flexibility index (Phi) is 3.93. The van der Waals surface area contributed by atoms with Gasteiger partial charge in [0, 0.05) is 31.0 Å². The van der Waals surface area contributed by atoms with Gasteiger partial charge in [0.2, 0.25) is 5.88 Å². The van der Waals surface area contributed by atoms with Gasteiger partial charge in [0.25, 0.3) is 0 Å². The molecule has 2 bridgehead atoms. The minimum Gasteiger partial charge on any atom is -0.469 e. The van der Waals surface area contributed by atoms with Crippen LogP contribution in [0.5, 0.6) is 5.88 Å². The summed E-state index contributed by atoms with van der Waals surface area (Å²) in [6, 6.07) is 12.6. The van der Waals surface area contributed by atoms with Crippen LogP contribution in [0.3, 0.4) is 0 Å². The quantitative estimate of drug-likeness (QED) is 0.917. The van der Waals surface area contributed by atoms with E-state index < -0.39 is 0 Å². The molecule has 1 atom stereocenters. The topological polar surface area (TPSA) is 37.4 Å². The van der Waals surface area contributed by atoms with Crippen molar-refractivity contribution in [1.29, 1.82) is 0 Å². The van der Waals surface area contributed by atoms with Crippen LogP contribution < -0.4 is 10.1 Å². The third kappa shape index (κ3) is 2.88. The molecule has 0 amide bonds. The Bertz CT molecular complexity index is 811. The van der Waals surface area contributed by atoms with Gasteiger partial charge in [0.1, 0.15) is 5.60 Å². The maximum atomic E-state index is 6.41. The number of piperidine rings is 3. The van der Waals surface area contributed by atoms with Crippen LogP contribution in [-0.4, -0.2) is 41.7 Å². The smallest absolute Gasteiger partial charge is 0.217 e. The number of ether oxygens (including phenoxy) is 1. The molecule has 2 aromatic rings. The second kappa shape index (κ2) is 6.44. The number of benzene rings is 1. The summed E-state index contributed by atoms with van der Waals surface area (Å²) >= 11 is 0. The number of pyridine rings is 1. The van der Waals surface area contributed by atoms with E-state index in [9.17, 15) is 0 Å². The van der Waals surface area contributed by atoms with Crippen LogP contribution in [0.2, 0.25) is 0 Å². The molecule has 3 fully saturated rings. The predicted octanol–water partition coefficient (Wildman–Crippen LogP) is 3.61. The van der Waals surface area contributed by atoms with E-state index in [1.54, 1.807) is 0 Å². The SMILES string of the molecule is C(=C\c1ccccc1)/CNc1cnc2c(c1)C[C@@]1(CN3CCC1CC3)O2. The van der Waals surface area contributed by atoms with Gasteiger partial charge < -0.3 is 10.1 Å². The van der Waals surface area contributed by atoms with E-state index in [0.29, 0.717) is 5.92 Å². The standard InChI is InChI=1S/C22H25N3O/c1-2-5-17(6-3-1)7-4-10-23-20-13-18-14-22(26-21(18)24-15-20)16-25-11-8-19(22)9-12-25/h1-7,13,15,19,23H,8-12,14,16H2/b7-4+/t22-/m0/s1. The van der Waals surface area contributed by atoms with Crippen molar-refractivity contribution in [3.8, 4) is 5.88 Å². The molecule has 26 heavy (non-hydrogen) atoms.